The molecule has 0 saturated carbocycles. The number of hydrogen-bond acceptors (Lipinski definition) is 4. The van der Waals surface area contributed by atoms with Gasteiger partial charge in [-0.1, -0.05) is 24.3 Å². The largest absolute Gasteiger partial charge is 0.494 e. The molecule has 6 nitrogen and oxygen atoms in total. The van der Waals surface area contributed by atoms with E-state index in [1.54, 1.807) is 18.2 Å². The molecule has 1 aromatic carbocycles. The van der Waals surface area contributed by atoms with Crippen molar-refractivity contribution in [3.8, 4) is 0 Å². The second-order valence-corrected chi connectivity index (χ2v) is 8.21. The van der Waals surface area contributed by atoms with Crippen molar-refractivity contribution in [2.24, 2.45) is 0 Å². The molecule has 0 amide bonds. The van der Waals surface area contributed by atoms with Crippen molar-refractivity contribution >= 4 is 26.9 Å². The fraction of sp³-hybridized carbons (Fsp3) is 0.235. The zero-order valence-corrected chi connectivity index (χ0v) is 14.4. The summed E-state index contributed by atoms with van der Waals surface area (Å²) in [5.41, 5.74) is -0.158. The summed E-state index contributed by atoms with van der Waals surface area (Å²) in [6.45, 7) is 1.35. The van der Waals surface area contributed by atoms with E-state index in [2.05, 4.69) is 0 Å². The summed E-state index contributed by atoms with van der Waals surface area (Å²) in [4.78, 5) is 11.6. The SMILES string of the molecule is COC1=C(F)CC(C)(S(=O)(=O)n2c(C(=O)O)cc3ccccc32)C=C1. The van der Waals surface area contributed by atoms with Crippen LogP contribution in [0.5, 0.6) is 0 Å². The van der Waals surface area contributed by atoms with Crippen LogP contribution in [0, 0.1) is 0 Å². The molecule has 1 unspecified atom stereocenters. The molecule has 0 radical (unpaired) electrons. The lowest BCUT2D eigenvalue weighted by atomic mass is 10.0. The first kappa shape index (κ1) is 17.2. The first-order chi connectivity index (χ1) is 11.7. The molecular weight excluding hydrogens is 349 g/mol. The number of allylic oxidation sites excluding steroid dienone is 2. The van der Waals surface area contributed by atoms with E-state index in [0.29, 0.717) is 5.39 Å². The predicted molar refractivity (Wildman–Crippen MR) is 90.5 cm³/mol. The number of ether oxygens (including phenoxy) is 1. The van der Waals surface area contributed by atoms with Crippen LogP contribution in [0.15, 0.2) is 54.1 Å². The summed E-state index contributed by atoms with van der Waals surface area (Å²) >= 11 is 0. The minimum absolute atomic E-state index is 0.0384. The Morgan fingerprint density at radius 2 is 2.04 bits per heavy atom. The van der Waals surface area contributed by atoms with E-state index < -0.39 is 38.7 Å². The van der Waals surface area contributed by atoms with Gasteiger partial charge in [-0.25, -0.2) is 21.6 Å². The molecular formula is C17H16FNO5S. The molecule has 0 fully saturated rings. The normalized spacial score (nSPS) is 20.9. The van der Waals surface area contributed by atoms with Crippen LogP contribution in [0.25, 0.3) is 10.9 Å². The Labute approximate surface area is 143 Å². The van der Waals surface area contributed by atoms with Crippen LogP contribution in [0.3, 0.4) is 0 Å². The number of para-hydroxylation sites is 1. The third-order valence-corrected chi connectivity index (χ3v) is 6.63. The Morgan fingerprint density at radius 3 is 2.64 bits per heavy atom. The van der Waals surface area contributed by atoms with Crippen LogP contribution in [-0.2, 0) is 14.8 Å². The summed E-state index contributed by atoms with van der Waals surface area (Å²) < 4.78 is 44.7. The Balaban J connectivity index is 2.24. The van der Waals surface area contributed by atoms with E-state index in [1.807, 2.05) is 0 Å². The third-order valence-electron chi connectivity index (χ3n) is 4.30. The maximum absolute atomic E-state index is 14.2. The molecule has 0 aliphatic heterocycles. The Hall–Kier alpha value is -2.61. The van der Waals surface area contributed by atoms with Crippen molar-refractivity contribution in [1.82, 2.24) is 3.97 Å². The van der Waals surface area contributed by atoms with Crippen LogP contribution in [-0.4, -0.2) is 35.3 Å². The summed E-state index contributed by atoms with van der Waals surface area (Å²) in [6.07, 6.45) is 2.13. The molecule has 3 rings (SSSR count). The van der Waals surface area contributed by atoms with Crippen LogP contribution < -0.4 is 0 Å². The van der Waals surface area contributed by atoms with E-state index in [9.17, 15) is 22.7 Å². The average Bonchev–Trinajstić information content (AvgIpc) is 2.95. The lowest BCUT2D eigenvalue weighted by molar-refractivity contribution is 0.0689. The maximum Gasteiger partial charge on any atom is 0.353 e. The van der Waals surface area contributed by atoms with E-state index in [-0.39, 0.29) is 11.3 Å². The van der Waals surface area contributed by atoms with Gasteiger partial charge in [-0.3, -0.25) is 0 Å². The first-order valence-corrected chi connectivity index (χ1v) is 8.86. The molecule has 0 spiro atoms. The smallest absolute Gasteiger partial charge is 0.353 e. The Morgan fingerprint density at radius 1 is 1.36 bits per heavy atom. The van der Waals surface area contributed by atoms with Gasteiger partial charge in [-0.2, -0.15) is 0 Å². The molecule has 1 N–H and O–H groups in total. The average molecular weight is 365 g/mol. The number of methoxy groups -OCH3 is 1. The number of aromatic nitrogens is 1. The molecule has 0 bridgehead atoms. The van der Waals surface area contributed by atoms with Gasteiger partial charge >= 0.3 is 5.97 Å². The number of rotatable bonds is 4. The maximum atomic E-state index is 14.2. The molecule has 25 heavy (non-hydrogen) atoms. The number of carboxylic acid groups (broad SMARTS) is 1. The number of carbonyl (C=O) groups is 1. The molecule has 132 valence electrons. The van der Waals surface area contributed by atoms with Gasteiger partial charge in [0, 0.05) is 11.8 Å². The van der Waals surface area contributed by atoms with Gasteiger partial charge in [0.25, 0.3) is 0 Å². The molecule has 1 atom stereocenters. The minimum atomic E-state index is -4.27. The molecule has 0 saturated heterocycles. The molecule has 2 aromatic rings. The van der Waals surface area contributed by atoms with Crippen molar-refractivity contribution in [3.05, 3.63) is 59.8 Å². The number of benzene rings is 1. The first-order valence-electron chi connectivity index (χ1n) is 7.42. The second kappa shape index (κ2) is 5.73. The zero-order chi connectivity index (χ0) is 18.4. The van der Waals surface area contributed by atoms with Crippen LogP contribution in [0.4, 0.5) is 4.39 Å². The number of fused-ring (bicyclic) bond motifs is 1. The lowest BCUT2D eigenvalue weighted by Crippen LogP contribution is -2.40. The molecule has 1 heterocycles. The molecule has 1 aliphatic rings. The van der Waals surface area contributed by atoms with E-state index >= 15 is 0 Å². The highest BCUT2D eigenvalue weighted by Gasteiger charge is 2.44. The van der Waals surface area contributed by atoms with E-state index in [1.165, 1.54) is 38.3 Å². The van der Waals surface area contributed by atoms with Crippen molar-refractivity contribution in [2.45, 2.75) is 18.1 Å². The standard InChI is InChI=1S/C17H16FNO5S/c1-17(8-7-15(24-2)12(18)10-17)25(22,23)19-13-6-4-3-5-11(13)9-14(19)16(20)21/h3-9H,10H2,1-2H3,(H,20,21). The Kier molecular flexibility index (Phi) is 3.95. The summed E-state index contributed by atoms with van der Waals surface area (Å²) in [7, 11) is -2.98. The topological polar surface area (TPSA) is 85.6 Å². The van der Waals surface area contributed by atoms with Gasteiger partial charge in [0.05, 0.1) is 12.6 Å². The molecule has 8 heteroatoms. The van der Waals surface area contributed by atoms with Gasteiger partial charge < -0.3 is 9.84 Å². The number of carboxylic acids is 1. The van der Waals surface area contributed by atoms with E-state index in [4.69, 9.17) is 4.74 Å². The van der Waals surface area contributed by atoms with Crippen molar-refractivity contribution in [2.75, 3.05) is 7.11 Å². The van der Waals surface area contributed by atoms with Gasteiger partial charge in [0.15, 0.2) is 0 Å². The van der Waals surface area contributed by atoms with Crippen molar-refractivity contribution in [3.63, 3.8) is 0 Å². The Bertz CT molecular complexity index is 1030. The monoisotopic (exact) mass is 365 g/mol. The van der Waals surface area contributed by atoms with Gasteiger partial charge in [-0.15, -0.1) is 0 Å². The molecule has 1 aromatic heterocycles. The summed E-state index contributed by atoms with van der Waals surface area (Å²) in [6, 6.07) is 7.72. The van der Waals surface area contributed by atoms with Gasteiger partial charge in [0.2, 0.25) is 10.0 Å². The number of halogens is 1. The summed E-state index contributed by atoms with van der Waals surface area (Å²) in [5, 5.41) is 9.91. The van der Waals surface area contributed by atoms with Crippen LogP contribution in [0.1, 0.15) is 23.8 Å². The van der Waals surface area contributed by atoms with Gasteiger partial charge in [0.1, 0.15) is 22.0 Å². The highest BCUT2D eigenvalue weighted by Crippen LogP contribution is 2.37. The van der Waals surface area contributed by atoms with Crippen molar-refractivity contribution < 1.29 is 27.4 Å². The highest BCUT2D eigenvalue weighted by molar-refractivity contribution is 7.91. The van der Waals surface area contributed by atoms with Crippen molar-refractivity contribution in [1.29, 1.82) is 0 Å². The number of nitrogens with zero attached hydrogens (tertiary/aromatic N) is 1. The quantitative estimate of drug-likeness (QED) is 0.900. The number of aromatic carboxylic acids is 1. The molecule has 1 aliphatic carbocycles. The van der Waals surface area contributed by atoms with Crippen LogP contribution in [0.2, 0.25) is 0 Å². The second-order valence-electron chi connectivity index (χ2n) is 5.96. The third kappa shape index (κ3) is 2.53. The minimum Gasteiger partial charge on any atom is -0.494 e. The highest BCUT2D eigenvalue weighted by atomic mass is 32.2. The predicted octanol–water partition coefficient (Wildman–Crippen LogP) is 3.06. The van der Waals surface area contributed by atoms with Gasteiger partial charge in [-0.05, 0) is 25.1 Å². The zero-order valence-electron chi connectivity index (χ0n) is 13.6. The fourth-order valence-electron chi connectivity index (χ4n) is 2.90. The number of hydrogen-bond donors (Lipinski definition) is 1. The fourth-order valence-corrected chi connectivity index (χ4v) is 4.68. The summed E-state index contributed by atoms with van der Waals surface area (Å²) in [5.74, 6) is -2.12. The van der Waals surface area contributed by atoms with Crippen LogP contribution >= 0.6 is 0 Å². The lowest BCUT2D eigenvalue weighted by Gasteiger charge is -2.29. The van der Waals surface area contributed by atoms with E-state index in [0.717, 1.165) is 3.97 Å².